The minimum Gasteiger partial charge on any atom is -0.335 e. The van der Waals surface area contributed by atoms with Gasteiger partial charge in [-0.05, 0) is 43.8 Å². The molecule has 1 heterocycles. The van der Waals surface area contributed by atoms with Crippen molar-refractivity contribution >= 4 is 40.8 Å². The molecule has 2 rings (SSSR count). The van der Waals surface area contributed by atoms with Crippen molar-refractivity contribution in [2.45, 2.75) is 6.92 Å². The summed E-state index contributed by atoms with van der Waals surface area (Å²) in [7, 11) is 3.18. The Balaban J connectivity index is 1.78. The average Bonchev–Trinajstić information content (AvgIpc) is 2.63. The molecule has 9 heteroatoms. The maximum absolute atomic E-state index is 12.3. The summed E-state index contributed by atoms with van der Waals surface area (Å²) in [5.41, 5.74) is 1.47. The third kappa shape index (κ3) is 7.52. The molecule has 0 aliphatic heterocycles. The number of pyridine rings is 1. The molecule has 3 amide bonds. The Bertz CT molecular complexity index is 890. The number of hydrogen-bond donors (Lipinski definition) is 2. The highest BCUT2D eigenvalue weighted by Crippen LogP contribution is 2.20. The van der Waals surface area contributed by atoms with Gasteiger partial charge in [0.15, 0.2) is 0 Å². The number of aromatic nitrogens is 1. The van der Waals surface area contributed by atoms with Gasteiger partial charge in [-0.1, -0.05) is 23.7 Å². The molecule has 0 radical (unpaired) electrons. The number of para-hydroxylation sites is 1. The van der Waals surface area contributed by atoms with Crippen LogP contribution in [0.25, 0.3) is 0 Å². The van der Waals surface area contributed by atoms with Crippen LogP contribution in [-0.2, 0) is 14.4 Å². The Kier molecular flexibility index (Phi) is 8.11. The molecule has 0 aliphatic carbocycles. The highest BCUT2D eigenvalue weighted by Gasteiger charge is 2.17. The summed E-state index contributed by atoms with van der Waals surface area (Å²) >= 11 is 6.01. The van der Waals surface area contributed by atoms with Gasteiger partial charge in [-0.15, -0.1) is 0 Å². The van der Waals surface area contributed by atoms with Crippen LogP contribution >= 0.6 is 11.6 Å². The van der Waals surface area contributed by atoms with Crippen LogP contribution < -0.4 is 10.6 Å². The molecule has 0 spiro atoms. The fourth-order valence-corrected chi connectivity index (χ4v) is 2.68. The Morgan fingerprint density at radius 1 is 1.00 bits per heavy atom. The zero-order chi connectivity index (χ0) is 21.4. The predicted molar refractivity (Wildman–Crippen MR) is 113 cm³/mol. The van der Waals surface area contributed by atoms with E-state index in [9.17, 15) is 14.4 Å². The molecule has 0 aliphatic rings. The predicted octanol–water partition coefficient (Wildman–Crippen LogP) is 2.01. The van der Waals surface area contributed by atoms with Crippen molar-refractivity contribution in [2.75, 3.05) is 44.4 Å². The highest BCUT2D eigenvalue weighted by atomic mass is 35.5. The van der Waals surface area contributed by atoms with Gasteiger partial charge in [0, 0.05) is 13.2 Å². The Morgan fingerprint density at radius 3 is 2.38 bits per heavy atom. The monoisotopic (exact) mass is 417 g/mol. The molecule has 2 N–H and O–H groups in total. The van der Waals surface area contributed by atoms with Crippen LogP contribution in [0.5, 0.6) is 0 Å². The van der Waals surface area contributed by atoms with Crippen LogP contribution in [0.1, 0.15) is 5.56 Å². The molecule has 0 bridgehead atoms. The first-order valence-corrected chi connectivity index (χ1v) is 9.32. The van der Waals surface area contributed by atoms with Crippen molar-refractivity contribution in [1.82, 2.24) is 14.8 Å². The van der Waals surface area contributed by atoms with Gasteiger partial charge in [0.1, 0.15) is 5.82 Å². The highest BCUT2D eigenvalue weighted by molar-refractivity contribution is 6.33. The smallest absolute Gasteiger partial charge is 0.244 e. The summed E-state index contributed by atoms with van der Waals surface area (Å²) in [4.78, 5) is 43.5. The van der Waals surface area contributed by atoms with Crippen molar-refractivity contribution in [3.8, 4) is 0 Å². The number of benzene rings is 1. The number of anilines is 2. The molecule has 29 heavy (non-hydrogen) atoms. The lowest BCUT2D eigenvalue weighted by Crippen LogP contribution is -2.42. The van der Waals surface area contributed by atoms with E-state index in [0.29, 0.717) is 16.5 Å². The fraction of sp³-hybridized carbons (Fsp3) is 0.300. The van der Waals surface area contributed by atoms with E-state index in [0.717, 1.165) is 5.56 Å². The first kappa shape index (κ1) is 22.3. The fourth-order valence-electron chi connectivity index (χ4n) is 2.50. The van der Waals surface area contributed by atoms with E-state index in [1.54, 1.807) is 48.5 Å². The number of halogens is 1. The summed E-state index contributed by atoms with van der Waals surface area (Å²) in [5, 5.41) is 5.77. The van der Waals surface area contributed by atoms with Crippen molar-refractivity contribution in [3.63, 3.8) is 0 Å². The molecule has 0 unspecified atom stereocenters. The van der Waals surface area contributed by atoms with Crippen molar-refractivity contribution in [3.05, 3.63) is 53.2 Å². The van der Waals surface area contributed by atoms with Crippen LogP contribution in [0.2, 0.25) is 5.02 Å². The molecule has 0 atom stereocenters. The summed E-state index contributed by atoms with van der Waals surface area (Å²) in [6.07, 6.45) is 1.61. The van der Waals surface area contributed by atoms with Crippen LogP contribution in [0.3, 0.4) is 0 Å². The summed E-state index contributed by atoms with van der Waals surface area (Å²) in [6.45, 7) is 1.78. The van der Waals surface area contributed by atoms with E-state index in [1.807, 2.05) is 13.0 Å². The van der Waals surface area contributed by atoms with Gasteiger partial charge in [-0.25, -0.2) is 4.98 Å². The minimum atomic E-state index is -0.361. The van der Waals surface area contributed by atoms with Crippen LogP contribution in [0, 0.1) is 6.92 Å². The number of hydrogen-bond acceptors (Lipinski definition) is 5. The zero-order valence-corrected chi connectivity index (χ0v) is 17.4. The number of amides is 3. The van der Waals surface area contributed by atoms with Crippen molar-refractivity contribution < 1.29 is 14.4 Å². The van der Waals surface area contributed by atoms with Crippen molar-refractivity contribution in [2.24, 2.45) is 0 Å². The Morgan fingerprint density at radius 2 is 1.69 bits per heavy atom. The van der Waals surface area contributed by atoms with Crippen LogP contribution in [0.4, 0.5) is 11.5 Å². The van der Waals surface area contributed by atoms with E-state index in [2.05, 4.69) is 15.6 Å². The first-order valence-electron chi connectivity index (χ1n) is 8.94. The third-order valence-corrected chi connectivity index (χ3v) is 4.29. The number of rotatable bonds is 8. The van der Waals surface area contributed by atoms with Crippen molar-refractivity contribution in [1.29, 1.82) is 0 Å². The Hall–Kier alpha value is -2.97. The molecular weight excluding hydrogens is 394 g/mol. The molecule has 0 saturated heterocycles. The molecule has 1 aromatic carbocycles. The minimum absolute atomic E-state index is 0.00939. The van der Waals surface area contributed by atoms with E-state index in [-0.39, 0.29) is 37.4 Å². The average molecular weight is 418 g/mol. The van der Waals surface area contributed by atoms with Crippen LogP contribution in [0.15, 0.2) is 42.6 Å². The summed E-state index contributed by atoms with van der Waals surface area (Å²) in [5.74, 6) is -0.469. The maximum Gasteiger partial charge on any atom is 0.244 e. The van der Waals surface area contributed by atoms with Gasteiger partial charge >= 0.3 is 0 Å². The molecule has 8 nitrogen and oxygen atoms in total. The zero-order valence-electron chi connectivity index (χ0n) is 16.6. The second-order valence-electron chi connectivity index (χ2n) is 6.72. The second-order valence-corrected chi connectivity index (χ2v) is 7.12. The maximum atomic E-state index is 12.3. The summed E-state index contributed by atoms with van der Waals surface area (Å²) < 4.78 is 0. The number of likely N-dealkylation sites (N-methyl/N-ethyl adjacent to an activating group) is 2. The Labute approximate surface area is 174 Å². The number of carbonyl (C=O) groups is 3. The number of carbonyl (C=O) groups excluding carboxylic acids is 3. The van der Waals surface area contributed by atoms with E-state index in [4.69, 9.17) is 11.6 Å². The van der Waals surface area contributed by atoms with E-state index in [1.165, 1.54) is 11.9 Å². The SMILES string of the molecule is Cc1ccnc(NC(=O)CN(C)CC(=O)N(C)CC(=O)Nc2ccccc2Cl)c1. The molecule has 2 aromatic rings. The second kappa shape index (κ2) is 10.5. The largest absolute Gasteiger partial charge is 0.335 e. The molecule has 0 fully saturated rings. The quantitative estimate of drug-likeness (QED) is 0.685. The number of nitrogens with zero attached hydrogens (tertiary/aromatic N) is 3. The standard InChI is InChI=1S/C20H24ClN5O3/c1-14-8-9-22-17(10-14)24-18(27)11-25(2)13-20(29)26(3)12-19(28)23-16-7-5-4-6-15(16)21/h4-10H,11-13H2,1-3H3,(H,23,28)(H,22,24,27). The topological polar surface area (TPSA) is 94.6 Å². The first-order chi connectivity index (χ1) is 13.7. The molecule has 154 valence electrons. The van der Waals surface area contributed by atoms with Crippen LogP contribution in [-0.4, -0.2) is 66.2 Å². The number of aryl methyl sites for hydroxylation is 1. The summed E-state index contributed by atoms with van der Waals surface area (Å²) in [6, 6.07) is 10.4. The lowest BCUT2D eigenvalue weighted by atomic mass is 10.3. The molecule has 1 aromatic heterocycles. The van der Waals surface area contributed by atoms with Gasteiger partial charge in [0.2, 0.25) is 17.7 Å². The van der Waals surface area contributed by atoms with E-state index >= 15 is 0 Å². The van der Waals surface area contributed by atoms with Gasteiger partial charge in [0.05, 0.1) is 30.3 Å². The van der Waals surface area contributed by atoms with Gasteiger partial charge in [-0.3, -0.25) is 19.3 Å². The number of nitrogens with one attached hydrogen (secondary N) is 2. The van der Waals surface area contributed by atoms with Gasteiger partial charge in [0.25, 0.3) is 0 Å². The lowest BCUT2D eigenvalue weighted by molar-refractivity contribution is -0.134. The normalized spacial score (nSPS) is 10.5. The van der Waals surface area contributed by atoms with E-state index < -0.39 is 0 Å². The third-order valence-electron chi connectivity index (χ3n) is 3.96. The molecular formula is C20H24ClN5O3. The lowest BCUT2D eigenvalue weighted by Gasteiger charge is -2.21. The van der Waals surface area contributed by atoms with Gasteiger partial charge in [-0.2, -0.15) is 0 Å². The molecule has 0 saturated carbocycles. The van der Waals surface area contributed by atoms with Gasteiger partial charge < -0.3 is 15.5 Å².